The lowest BCUT2D eigenvalue weighted by Gasteiger charge is -2.40. The lowest BCUT2D eigenvalue weighted by atomic mass is 9.65. The zero-order valence-electron chi connectivity index (χ0n) is 8.39. The first-order valence-electron chi connectivity index (χ1n) is 4.77. The summed E-state index contributed by atoms with van der Waals surface area (Å²) in [5, 5.41) is 0. The minimum absolute atomic E-state index is 0.104. The number of fused-ring (bicyclic) bond motifs is 1. The van der Waals surface area contributed by atoms with Gasteiger partial charge in [-0.05, 0) is 41.0 Å². The van der Waals surface area contributed by atoms with Crippen molar-refractivity contribution in [2.45, 2.75) is 33.1 Å². The van der Waals surface area contributed by atoms with Gasteiger partial charge in [0.25, 0.3) is 0 Å². The molecule has 2 rings (SSSR count). The number of benzene rings is 1. The van der Waals surface area contributed by atoms with Crippen LogP contribution in [0, 0.1) is 11.2 Å². The molecule has 0 heterocycles. The Morgan fingerprint density at radius 1 is 1.31 bits per heavy atom. The second-order valence-corrected chi connectivity index (χ2v) is 4.97. The first-order chi connectivity index (χ1) is 5.98. The lowest BCUT2D eigenvalue weighted by molar-refractivity contribution is 0.290. The summed E-state index contributed by atoms with van der Waals surface area (Å²) < 4.78 is 12.9. The van der Waals surface area contributed by atoms with Crippen LogP contribution in [0.25, 0.3) is 0 Å². The number of hydrogen-bond donors (Lipinski definition) is 0. The minimum Gasteiger partial charge on any atom is -0.207 e. The molecular weight excluding hydrogens is 163 g/mol. The first-order valence-corrected chi connectivity index (χ1v) is 4.77. The predicted octanol–water partition coefficient (Wildman–Crippen LogP) is 3.51. The van der Waals surface area contributed by atoms with E-state index in [2.05, 4.69) is 20.8 Å². The van der Waals surface area contributed by atoms with Crippen molar-refractivity contribution < 1.29 is 4.39 Å². The van der Waals surface area contributed by atoms with Gasteiger partial charge in [-0.3, -0.25) is 0 Å². The Bertz CT molecular complexity index is 333. The fraction of sp³-hybridized carbons (Fsp3) is 0.500. The van der Waals surface area contributed by atoms with E-state index in [0.717, 1.165) is 6.42 Å². The summed E-state index contributed by atoms with van der Waals surface area (Å²) in [6.45, 7) is 6.64. The molecule has 1 aromatic carbocycles. The van der Waals surface area contributed by atoms with Crippen LogP contribution in [0.4, 0.5) is 4.39 Å². The van der Waals surface area contributed by atoms with Gasteiger partial charge in [-0.25, -0.2) is 4.39 Å². The summed E-state index contributed by atoms with van der Waals surface area (Å²) in [5.74, 6) is 0.436. The molecule has 1 heteroatoms. The highest BCUT2D eigenvalue weighted by molar-refractivity contribution is 5.41. The van der Waals surface area contributed by atoms with E-state index in [4.69, 9.17) is 0 Å². The average Bonchev–Trinajstić information content (AvgIpc) is 1.93. The molecule has 0 fully saturated rings. The number of hydrogen-bond acceptors (Lipinski definition) is 0. The highest BCUT2D eigenvalue weighted by atomic mass is 19.1. The third-order valence-electron chi connectivity index (χ3n) is 2.95. The maximum absolute atomic E-state index is 12.9. The molecule has 1 aromatic rings. The van der Waals surface area contributed by atoms with E-state index >= 15 is 0 Å². The second-order valence-electron chi connectivity index (χ2n) is 4.97. The van der Waals surface area contributed by atoms with Crippen molar-refractivity contribution in [2.24, 2.45) is 5.41 Å². The largest absolute Gasteiger partial charge is 0.207 e. The molecule has 0 spiro atoms. The van der Waals surface area contributed by atoms with Gasteiger partial charge in [0, 0.05) is 0 Å². The molecule has 0 saturated carbocycles. The van der Waals surface area contributed by atoms with E-state index in [0.29, 0.717) is 5.92 Å². The molecular formula is C12H15F. The molecule has 0 radical (unpaired) electrons. The summed E-state index contributed by atoms with van der Waals surface area (Å²) in [5.41, 5.74) is 2.80. The van der Waals surface area contributed by atoms with Crippen molar-refractivity contribution >= 4 is 0 Å². The van der Waals surface area contributed by atoms with Crippen molar-refractivity contribution in [1.82, 2.24) is 0 Å². The van der Waals surface area contributed by atoms with Crippen molar-refractivity contribution in [3.63, 3.8) is 0 Å². The van der Waals surface area contributed by atoms with E-state index in [1.165, 1.54) is 11.1 Å². The van der Waals surface area contributed by atoms with Gasteiger partial charge >= 0.3 is 0 Å². The first kappa shape index (κ1) is 8.74. The number of halogens is 1. The molecule has 1 aliphatic carbocycles. The normalized spacial score (nSPS) is 20.8. The predicted molar refractivity (Wildman–Crippen MR) is 52.3 cm³/mol. The van der Waals surface area contributed by atoms with Gasteiger partial charge in [0.15, 0.2) is 0 Å². The van der Waals surface area contributed by atoms with Crippen molar-refractivity contribution in [3.05, 3.63) is 35.1 Å². The molecule has 1 atom stereocenters. The Morgan fingerprint density at radius 3 is 2.62 bits per heavy atom. The summed E-state index contributed by atoms with van der Waals surface area (Å²) in [6.07, 6.45) is 1.11. The molecule has 0 bridgehead atoms. The molecule has 0 aliphatic heterocycles. The highest BCUT2D eigenvalue weighted by Crippen LogP contribution is 2.46. The fourth-order valence-corrected chi connectivity index (χ4v) is 2.05. The van der Waals surface area contributed by atoms with Gasteiger partial charge in [-0.15, -0.1) is 0 Å². The summed E-state index contributed by atoms with van der Waals surface area (Å²) >= 11 is 0. The summed E-state index contributed by atoms with van der Waals surface area (Å²) in [4.78, 5) is 0. The lowest BCUT2D eigenvalue weighted by Crippen LogP contribution is -2.29. The van der Waals surface area contributed by atoms with E-state index in [9.17, 15) is 4.39 Å². The van der Waals surface area contributed by atoms with Crippen LogP contribution >= 0.6 is 0 Å². The topological polar surface area (TPSA) is 0 Å². The maximum atomic E-state index is 12.9. The third-order valence-corrected chi connectivity index (χ3v) is 2.95. The van der Waals surface area contributed by atoms with Crippen LogP contribution in [-0.2, 0) is 6.42 Å². The van der Waals surface area contributed by atoms with Gasteiger partial charge in [-0.2, -0.15) is 0 Å². The molecule has 0 amide bonds. The molecule has 0 saturated heterocycles. The van der Waals surface area contributed by atoms with Crippen LogP contribution in [0.15, 0.2) is 18.2 Å². The van der Waals surface area contributed by atoms with Crippen molar-refractivity contribution in [3.8, 4) is 0 Å². The van der Waals surface area contributed by atoms with Gasteiger partial charge in [0.2, 0.25) is 0 Å². The third kappa shape index (κ3) is 1.37. The highest BCUT2D eigenvalue weighted by Gasteiger charge is 2.35. The molecule has 0 aromatic heterocycles. The van der Waals surface area contributed by atoms with Crippen LogP contribution in [0.2, 0.25) is 0 Å². The standard InChI is InChI=1S/C12H15F/c1-12(2,3)11-6-8-4-5-9(13)7-10(8)11/h4-5,7,11H,6H2,1-3H3. The van der Waals surface area contributed by atoms with Crippen LogP contribution in [0.3, 0.4) is 0 Å². The van der Waals surface area contributed by atoms with Crippen LogP contribution < -0.4 is 0 Å². The Hall–Kier alpha value is -0.850. The van der Waals surface area contributed by atoms with E-state index in [-0.39, 0.29) is 11.2 Å². The van der Waals surface area contributed by atoms with Gasteiger partial charge in [0.1, 0.15) is 5.82 Å². The minimum atomic E-state index is -0.104. The molecule has 70 valence electrons. The number of rotatable bonds is 0. The average molecular weight is 178 g/mol. The SMILES string of the molecule is CC(C)(C)C1Cc2ccc(F)cc21. The van der Waals surface area contributed by atoms with Crippen LogP contribution in [0.5, 0.6) is 0 Å². The van der Waals surface area contributed by atoms with Crippen LogP contribution in [0.1, 0.15) is 37.8 Å². The maximum Gasteiger partial charge on any atom is 0.123 e. The van der Waals surface area contributed by atoms with E-state index in [1.54, 1.807) is 12.1 Å². The monoisotopic (exact) mass is 178 g/mol. The summed E-state index contributed by atoms with van der Waals surface area (Å²) in [6, 6.07) is 5.15. The molecule has 0 N–H and O–H groups in total. The van der Waals surface area contributed by atoms with E-state index in [1.807, 2.05) is 6.07 Å². The smallest absolute Gasteiger partial charge is 0.123 e. The fourth-order valence-electron chi connectivity index (χ4n) is 2.05. The van der Waals surface area contributed by atoms with Crippen molar-refractivity contribution in [1.29, 1.82) is 0 Å². The Kier molecular flexibility index (Phi) is 1.73. The molecule has 0 nitrogen and oxygen atoms in total. The molecule has 1 unspecified atom stereocenters. The Morgan fingerprint density at radius 2 is 2.00 bits per heavy atom. The Balaban J connectivity index is 2.35. The van der Waals surface area contributed by atoms with Gasteiger partial charge in [-0.1, -0.05) is 26.8 Å². The zero-order chi connectivity index (χ0) is 9.64. The molecule has 13 heavy (non-hydrogen) atoms. The summed E-state index contributed by atoms with van der Waals surface area (Å²) in [7, 11) is 0. The van der Waals surface area contributed by atoms with Gasteiger partial charge in [0.05, 0.1) is 0 Å². The van der Waals surface area contributed by atoms with Crippen molar-refractivity contribution in [2.75, 3.05) is 0 Å². The van der Waals surface area contributed by atoms with Gasteiger partial charge < -0.3 is 0 Å². The molecule has 1 aliphatic rings. The second kappa shape index (κ2) is 2.57. The Labute approximate surface area is 78.8 Å². The van der Waals surface area contributed by atoms with E-state index < -0.39 is 0 Å². The zero-order valence-corrected chi connectivity index (χ0v) is 8.39. The van der Waals surface area contributed by atoms with Crippen LogP contribution in [-0.4, -0.2) is 0 Å². The quantitative estimate of drug-likeness (QED) is 0.570.